The highest BCUT2D eigenvalue weighted by Crippen LogP contribution is 2.11. The highest BCUT2D eigenvalue weighted by Gasteiger charge is 2.04. The van der Waals surface area contributed by atoms with E-state index < -0.39 is 5.91 Å². The molecule has 0 aliphatic rings. The molecule has 0 radical (unpaired) electrons. The molecule has 0 aliphatic heterocycles. The Morgan fingerprint density at radius 2 is 1.57 bits per heavy atom. The number of hydrazine groups is 1. The summed E-state index contributed by atoms with van der Waals surface area (Å²) in [6, 6.07) is 16.2. The number of hydrogen-bond donors (Lipinski definition) is 2. The quantitative estimate of drug-likeness (QED) is 0.664. The van der Waals surface area contributed by atoms with E-state index in [4.69, 9.17) is 0 Å². The van der Waals surface area contributed by atoms with Gasteiger partial charge in [-0.1, -0.05) is 46.3 Å². The van der Waals surface area contributed by atoms with E-state index in [1.807, 2.05) is 30.3 Å². The van der Waals surface area contributed by atoms with Gasteiger partial charge in [0.15, 0.2) is 0 Å². The van der Waals surface area contributed by atoms with Crippen molar-refractivity contribution in [3.05, 3.63) is 76.3 Å². The Kier molecular flexibility index (Phi) is 5.29. The first-order chi connectivity index (χ1) is 10.1. The normalized spacial score (nSPS) is 10.3. The molecule has 0 spiro atoms. The molecule has 2 aromatic carbocycles. The van der Waals surface area contributed by atoms with Crippen LogP contribution in [0.25, 0.3) is 6.08 Å². The average molecular weight is 345 g/mol. The van der Waals surface area contributed by atoms with E-state index in [0.717, 1.165) is 10.0 Å². The lowest BCUT2D eigenvalue weighted by atomic mass is 10.2. The van der Waals surface area contributed by atoms with Crippen molar-refractivity contribution in [2.45, 2.75) is 0 Å². The topological polar surface area (TPSA) is 58.2 Å². The molecule has 0 saturated carbocycles. The van der Waals surface area contributed by atoms with E-state index in [1.54, 1.807) is 30.3 Å². The van der Waals surface area contributed by atoms with Gasteiger partial charge in [0.2, 0.25) is 0 Å². The van der Waals surface area contributed by atoms with Crippen LogP contribution in [0.4, 0.5) is 0 Å². The van der Waals surface area contributed by atoms with Crippen LogP contribution in [0.15, 0.2) is 65.1 Å². The van der Waals surface area contributed by atoms with Crippen LogP contribution < -0.4 is 10.9 Å². The molecule has 21 heavy (non-hydrogen) atoms. The third-order valence-electron chi connectivity index (χ3n) is 2.63. The Hall–Kier alpha value is -2.40. The maximum absolute atomic E-state index is 11.7. The SMILES string of the molecule is O=C(/C=C/c1ccc(Br)cc1)NNC(=O)c1ccccc1. The number of amides is 2. The lowest BCUT2D eigenvalue weighted by Gasteiger charge is -2.04. The number of halogens is 1. The molecule has 2 amide bonds. The Balaban J connectivity index is 1.85. The second kappa shape index (κ2) is 7.40. The van der Waals surface area contributed by atoms with Gasteiger partial charge in [-0.05, 0) is 35.9 Å². The summed E-state index contributed by atoms with van der Waals surface area (Å²) in [5.41, 5.74) is 6.05. The Labute approximate surface area is 131 Å². The van der Waals surface area contributed by atoms with Crippen molar-refractivity contribution in [1.82, 2.24) is 10.9 Å². The molecule has 0 atom stereocenters. The van der Waals surface area contributed by atoms with Crippen molar-refractivity contribution in [2.24, 2.45) is 0 Å². The fraction of sp³-hybridized carbons (Fsp3) is 0. The lowest BCUT2D eigenvalue weighted by molar-refractivity contribution is -0.117. The minimum atomic E-state index is -0.401. The van der Waals surface area contributed by atoms with Crippen molar-refractivity contribution in [1.29, 1.82) is 0 Å². The van der Waals surface area contributed by atoms with Crippen LogP contribution in [0.2, 0.25) is 0 Å². The first kappa shape index (κ1) is 15.0. The predicted octanol–water partition coefficient (Wildman–Crippen LogP) is 2.92. The van der Waals surface area contributed by atoms with E-state index in [1.165, 1.54) is 6.08 Å². The fourth-order valence-electron chi connectivity index (χ4n) is 1.57. The van der Waals surface area contributed by atoms with Crippen molar-refractivity contribution >= 4 is 33.8 Å². The lowest BCUT2D eigenvalue weighted by Crippen LogP contribution is -2.40. The molecule has 0 saturated heterocycles. The summed E-state index contributed by atoms with van der Waals surface area (Å²) in [4.78, 5) is 23.3. The van der Waals surface area contributed by atoms with Gasteiger partial charge in [-0.3, -0.25) is 20.4 Å². The molecule has 0 unspecified atom stereocenters. The first-order valence-corrected chi connectivity index (χ1v) is 7.03. The Bertz CT molecular complexity index is 652. The van der Waals surface area contributed by atoms with Gasteiger partial charge < -0.3 is 0 Å². The fourth-order valence-corrected chi connectivity index (χ4v) is 1.83. The standard InChI is InChI=1S/C16H13BrN2O2/c17-14-9-6-12(7-10-14)8-11-15(20)18-19-16(21)13-4-2-1-3-5-13/h1-11H,(H,18,20)(H,19,21)/b11-8+. The van der Waals surface area contributed by atoms with Crippen LogP contribution >= 0.6 is 15.9 Å². The van der Waals surface area contributed by atoms with Crippen molar-refractivity contribution in [3.8, 4) is 0 Å². The van der Waals surface area contributed by atoms with E-state index in [9.17, 15) is 9.59 Å². The van der Waals surface area contributed by atoms with E-state index >= 15 is 0 Å². The minimum absolute atomic E-state index is 0.360. The van der Waals surface area contributed by atoms with Gasteiger partial charge in [0.25, 0.3) is 11.8 Å². The van der Waals surface area contributed by atoms with Crippen LogP contribution in [0.1, 0.15) is 15.9 Å². The molecule has 106 valence electrons. The van der Waals surface area contributed by atoms with Gasteiger partial charge in [-0.25, -0.2) is 0 Å². The number of carbonyl (C=O) groups excluding carboxylic acids is 2. The summed E-state index contributed by atoms with van der Waals surface area (Å²) in [6.45, 7) is 0. The molecule has 2 N–H and O–H groups in total. The Morgan fingerprint density at radius 3 is 2.24 bits per heavy atom. The molecule has 0 aliphatic carbocycles. The largest absolute Gasteiger partial charge is 0.269 e. The highest BCUT2D eigenvalue weighted by molar-refractivity contribution is 9.10. The van der Waals surface area contributed by atoms with E-state index in [0.29, 0.717) is 5.56 Å². The maximum atomic E-state index is 11.7. The summed E-state index contributed by atoms with van der Waals surface area (Å²) in [6.07, 6.45) is 3.02. The zero-order valence-electron chi connectivity index (χ0n) is 11.0. The third-order valence-corrected chi connectivity index (χ3v) is 3.16. The number of nitrogens with one attached hydrogen (secondary N) is 2. The smallest absolute Gasteiger partial charge is 0.268 e. The summed E-state index contributed by atoms with van der Waals surface area (Å²) >= 11 is 3.34. The van der Waals surface area contributed by atoms with Gasteiger partial charge in [0.1, 0.15) is 0 Å². The summed E-state index contributed by atoms with van der Waals surface area (Å²) in [5, 5.41) is 0. The third kappa shape index (κ3) is 4.89. The first-order valence-electron chi connectivity index (χ1n) is 6.24. The van der Waals surface area contributed by atoms with Gasteiger partial charge in [-0.2, -0.15) is 0 Å². The summed E-state index contributed by atoms with van der Waals surface area (Å²) in [7, 11) is 0. The molecule has 0 heterocycles. The molecule has 0 aromatic heterocycles. The molecule has 0 bridgehead atoms. The van der Waals surface area contributed by atoms with Crippen LogP contribution in [0, 0.1) is 0 Å². The van der Waals surface area contributed by atoms with Crippen LogP contribution in [-0.2, 0) is 4.79 Å². The van der Waals surface area contributed by atoms with Crippen molar-refractivity contribution in [3.63, 3.8) is 0 Å². The number of rotatable bonds is 3. The van der Waals surface area contributed by atoms with Crippen LogP contribution in [0.5, 0.6) is 0 Å². The van der Waals surface area contributed by atoms with Crippen LogP contribution in [0.3, 0.4) is 0 Å². The zero-order chi connectivity index (χ0) is 15.1. The van der Waals surface area contributed by atoms with E-state index in [-0.39, 0.29) is 5.91 Å². The molecule has 5 heteroatoms. The summed E-state index contributed by atoms with van der Waals surface area (Å²) < 4.78 is 0.972. The van der Waals surface area contributed by atoms with Crippen molar-refractivity contribution in [2.75, 3.05) is 0 Å². The van der Waals surface area contributed by atoms with Crippen molar-refractivity contribution < 1.29 is 9.59 Å². The molecule has 2 aromatic rings. The second-order valence-corrected chi connectivity index (χ2v) is 5.11. The number of hydrogen-bond acceptors (Lipinski definition) is 2. The maximum Gasteiger partial charge on any atom is 0.269 e. The molecular formula is C16H13BrN2O2. The van der Waals surface area contributed by atoms with Gasteiger partial charge >= 0.3 is 0 Å². The summed E-state index contributed by atoms with van der Waals surface area (Å²) in [5.74, 6) is -0.761. The number of carbonyl (C=O) groups is 2. The monoisotopic (exact) mass is 344 g/mol. The number of benzene rings is 2. The van der Waals surface area contributed by atoms with Gasteiger partial charge in [0.05, 0.1) is 0 Å². The molecule has 2 rings (SSSR count). The van der Waals surface area contributed by atoms with Gasteiger partial charge in [0, 0.05) is 16.1 Å². The van der Waals surface area contributed by atoms with Gasteiger partial charge in [-0.15, -0.1) is 0 Å². The highest BCUT2D eigenvalue weighted by atomic mass is 79.9. The average Bonchev–Trinajstić information content (AvgIpc) is 2.53. The van der Waals surface area contributed by atoms with E-state index in [2.05, 4.69) is 26.8 Å². The predicted molar refractivity (Wildman–Crippen MR) is 85.2 cm³/mol. The second-order valence-electron chi connectivity index (χ2n) is 4.19. The Morgan fingerprint density at radius 1 is 0.905 bits per heavy atom. The molecular weight excluding hydrogens is 332 g/mol. The zero-order valence-corrected chi connectivity index (χ0v) is 12.6. The molecule has 4 nitrogen and oxygen atoms in total. The molecule has 0 fully saturated rings. The minimum Gasteiger partial charge on any atom is -0.268 e. The van der Waals surface area contributed by atoms with Crippen LogP contribution in [-0.4, -0.2) is 11.8 Å².